The first-order chi connectivity index (χ1) is 19.6. The fraction of sp³-hybridized carbons (Fsp3) is 0.152. The third-order valence-corrected chi connectivity index (χ3v) is 7.89. The van der Waals surface area contributed by atoms with Crippen molar-refractivity contribution in [1.82, 2.24) is 4.57 Å². The number of thioether (sulfide) groups is 1. The Labute approximate surface area is 247 Å². The molecule has 0 unspecified atom stereocenters. The molecule has 0 aliphatic heterocycles. The van der Waals surface area contributed by atoms with Gasteiger partial charge in [0.2, 0.25) is 5.78 Å². The molecule has 0 saturated heterocycles. The van der Waals surface area contributed by atoms with Crippen molar-refractivity contribution in [3.8, 4) is 0 Å². The number of aliphatic carboxylic acids is 1. The summed E-state index contributed by atoms with van der Waals surface area (Å²) >= 11 is 7.53. The summed E-state index contributed by atoms with van der Waals surface area (Å²) in [6.07, 6.45) is 0.370. The topological polar surface area (TPSA) is 100 Å². The van der Waals surface area contributed by atoms with Crippen LogP contribution < -0.4 is 0 Å². The number of carbonyl (C=O) groups is 3. The Bertz CT molecular complexity index is 1790. The smallest absolute Gasteiger partial charge is 0.300 e. The van der Waals surface area contributed by atoms with Gasteiger partial charge in [-0.2, -0.15) is 0 Å². The number of nitrogens with zero attached hydrogens (tertiary/aromatic N) is 1. The molecule has 8 heteroatoms. The fourth-order valence-electron chi connectivity index (χ4n) is 4.57. The number of aryl methyl sites for hydroxylation is 2. The molecule has 0 aliphatic carbocycles. The first-order valence-electron chi connectivity index (χ1n) is 12.9. The first-order valence-corrected chi connectivity index (χ1v) is 14.3. The van der Waals surface area contributed by atoms with Crippen LogP contribution in [0.5, 0.6) is 0 Å². The van der Waals surface area contributed by atoms with Crippen LogP contribution in [-0.2, 0) is 11.8 Å². The molecule has 1 heterocycles. The molecule has 0 spiro atoms. The predicted octanol–water partition coefficient (Wildman–Crippen LogP) is 8.00. The molecule has 0 radical (unpaired) electrons. The van der Waals surface area contributed by atoms with Gasteiger partial charge in [-0.3, -0.25) is 14.4 Å². The lowest BCUT2D eigenvalue weighted by Crippen LogP contribution is -2.14. The van der Waals surface area contributed by atoms with Gasteiger partial charge in [-0.1, -0.05) is 35.9 Å². The summed E-state index contributed by atoms with van der Waals surface area (Å²) in [4.78, 5) is 36.4. The molecular weight excluding hydrogens is 556 g/mol. The largest absolute Gasteiger partial charge is 0.481 e. The number of rotatable bonds is 8. The van der Waals surface area contributed by atoms with Crippen LogP contribution in [0.15, 0.2) is 89.8 Å². The molecule has 6 nitrogen and oxygen atoms in total. The number of nitrogens with one attached hydrogen (secondary N) is 1. The first kappa shape index (κ1) is 29.8. The van der Waals surface area contributed by atoms with Crippen molar-refractivity contribution in [2.75, 3.05) is 5.75 Å². The van der Waals surface area contributed by atoms with Crippen LogP contribution in [0.25, 0.3) is 21.8 Å². The number of hydrogen-bond donors (Lipinski definition) is 2. The maximum atomic E-state index is 13.2. The van der Waals surface area contributed by atoms with Gasteiger partial charge in [0, 0.05) is 74.6 Å². The van der Waals surface area contributed by atoms with Crippen LogP contribution in [0, 0.1) is 12.3 Å². The van der Waals surface area contributed by atoms with Crippen LogP contribution in [0.4, 0.5) is 0 Å². The predicted molar refractivity (Wildman–Crippen MR) is 167 cm³/mol. The normalized spacial score (nSPS) is 10.7. The van der Waals surface area contributed by atoms with Gasteiger partial charge >= 0.3 is 0 Å². The second-order valence-electron chi connectivity index (χ2n) is 9.55. The quantitative estimate of drug-likeness (QED) is 0.109. The van der Waals surface area contributed by atoms with Gasteiger partial charge in [0.1, 0.15) is 0 Å². The molecule has 2 N–H and O–H groups in total. The SMILES string of the molecule is CC(=O)O.Cc1ccccc1C(=O)c1ccc2c(c1)c1cc(C(=O)C(=N)CCSc3ccc(Cl)cc3)ccc1n2C. The Balaban J connectivity index is 0.000000909. The molecule has 208 valence electrons. The van der Waals surface area contributed by atoms with E-state index in [9.17, 15) is 9.59 Å². The maximum Gasteiger partial charge on any atom is 0.300 e. The second-order valence-corrected chi connectivity index (χ2v) is 11.2. The number of benzene rings is 4. The number of hydrogen-bond acceptors (Lipinski definition) is 5. The van der Waals surface area contributed by atoms with E-state index in [1.165, 1.54) is 0 Å². The highest BCUT2D eigenvalue weighted by molar-refractivity contribution is 7.99. The lowest BCUT2D eigenvalue weighted by molar-refractivity contribution is -0.134. The van der Waals surface area contributed by atoms with Crippen molar-refractivity contribution < 1.29 is 19.5 Å². The summed E-state index contributed by atoms with van der Waals surface area (Å²) in [5.74, 6) is -0.500. The van der Waals surface area contributed by atoms with Crippen LogP contribution in [0.3, 0.4) is 0 Å². The molecule has 0 fully saturated rings. The molecule has 5 rings (SSSR count). The van der Waals surface area contributed by atoms with Crippen molar-refractivity contribution in [3.05, 3.63) is 112 Å². The number of Topliss-reactive ketones (excluding diaryl/α,β-unsaturated/α-hetero) is 1. The van der Waals surface area contributed by atoms with Crippen LogP contribution in [-0.4, -0.2) is 38.7 Å². The van der Waals surface area contributed by atoms with Gasteiger partial charge in [0.15, 0.2) is 5.78 Å². The van der Waals surface area contributed by atoms with E-state index in [0.29, 0.717) is 33.9 Å². The second kappa shape index (κ2) is 13.0. The molecule has 0 atom stereocenters. The van der Waals surface area contributed by atoms with Crippen molar-refractivity contribution >= 4 is 68.4 Å². The van der Waals surface area contributed by atoms with Gasteiger partial charge in [-0.25, -0.2) is 0 Å². The van der Waals surface area contributed by atoms with E-state index in [2.05, 4.69) is 4.57 Å². The third-order valence-electron chi connectivity index (χ3n) is 6.63. The Hall–Kier alpha value is -4.20. The molecule has 0 aliphatic rings. The molecule has 1 aromatic heterocycles. The van der Waals surface area contributed by atoms with Crippen molar-refractivity contribution in [1.29, 1.82) is 5.41 Å². The molecule has 4 aromatic carbocycles. The van der Waals surface area contributed by atoms with Gasteiger partial charge in [0.25, 0.3) is 5.97 Å². The van der Waals surface area contributed by atoms with Gasteiger partial charge < -0.3 is 15.1 Å². The molecule has 0 amide bonds. The zero-order valence-electron chi connectivity index (χ0n) is 22.9. The minimum atomic E-state index is -0.833. The average molecular weight is 585 g/mol. The van der Waals surface area contributed by atoms with Crippen molar-refractivity contribution in [3.63, 3.8) is 0 Å². The Kier molecular flexibility index (Phi) is 9.42. The fourth-order valence-corrected chi connectivity index (χ4v) is 5.57. The lowest BCUT2D eigenvalue weighted by atomic mass is 9.97. The van der Waals surface area contributed by atoms with Crippen molar-refractivity contribution in [2.45, 2.75) is 25.2 Å². The van der Waals surface area contributed by atoms with E-state index in [0.717, 1.165) is 39.2 Å². The number of aromatic nitrogens is 1. The summed E-state index contributed by atoms with van der Waals surface area (Å²) in [6.45, 7) is 3.02. The molecule has 0 bridgehead atoms. The zero-order valence-corrected chi connectivity index (χ0v) is 24.5. The monoisotopic (exact) mass is 584 g/mol. The summed E-state index contributed by atoms with van der Waals surface area (Å²) in [5.41, 5.74) is 4.74. The number of carboxylic acid groups (broad SMARTS) is 1. The number of carboxylic acids is 1. The molecule has 5 aromatic rings. The number of carbonyl (C=O) groups excluding carboxylic acids is 2. The maximum absolute atomic E-state index is 13.2. The molecule has 0 saturated carbocycles. The van der Waals surface area contributed by atoms with E-state index < -0.39 is 5.97 Å². The Morgan fingerprint density at radius 3 is 2.05 bits per heavy atom. The third kappa shape index (κ3) is 6.93. The van der Waals surface area contributed by atoms with E-state index in [1.807, 2.05) is 92.8 Å². The highest BCUT2D eigenvalue weighted by Crippen LogP contribution is 2.31. The summed E-state index contributed by atoms with van der Waals surface area (Å²) < 4.78 is 2.06. The van der Waals surface area contributed by atoms with Crippen molar-refractivity contribution in [2.24, 2.45) is 7.05 Å². The van der Waals surface area contributed by atoms with E-state index in [-0.39, 0.29) is 17.3 Å². The Morgan fingerprint density at radius 1 is 0.878 bits per heavy atom. The average Bonchev–Trinajstić information content (AvgIpc) is 3.23. The summed E-state index contributed by atoms with van der Waals surface area (Å²) in [7, 11) is 1.98. The highest BCUT2D eigenvalue weighted by Gasteiger charge is 2.18. The standard InChI is InChI=1S/C31H25ClN2O2S.C2H4O2/c1-19-5-3-4-6-24(19)30(35)20-7-13-28-25(17-20)26-18-21(8-14-29(26)34(28)2)31(36)27(33)15-16-37-23-11-9-22(32)10-12-23;1-2(3)4/h3-14,17-18,33H,15-16H2,1-2H3;1H3,(H,3,4). The van der Waals surface area contributed by atoms with Crippen LogP contribution >= 0.6 is 23.4 Å². The number of fused-ring (bicyclic) bond motifs is 3. The molecular formula is C33H29ClN2O4S. The number of ketones is 2. The van der Waals surface area contributed by atoms with Gasteiger partial charge in [-0.05, 0) is 73.2 Å². The van der Waals surface area contributed by atoms with Crippen LogP contribution in [0.2, 0.25) is 5.02 Å². The Morgan fingerprint density at radius 2 is 1.44 bits per heavy atom. The van der Waals surface area contributed by atoms with Crippen LogP contribution in [0.1, 0.15) is 45.2 Å². The molecule has 41 heavy (non-hydrogen) atoms. The van der Waals surface area contributed by atoms with E-state index >= 15 is 0 Å². The lowest BCUT2D eigenvalue weighted by Gasteiger charge is -2.06. The minimum Gasteiger partial charge on any atom is -0.481 e. The zero-order chi connectivity index (χ0) is 29.7. The van der Waals surface area contributed by atoms with Gasteiger partial charge in [-0.15, -0.1) is 11.8 Å². The van der Waals surface area contributed by atoms with Gasteiger partial charge in [0.05, 0.1) is 5.71 Å². The number of halogens is 1. The van der Waals surface area contributed by atoms with E-state index in [1.54, 1.807) is 17.8 Å². The minimum absolute atomic E-state index is 0.0239. The summed E-state index contributed by atoms with van der Waals surface area (Å²) in [6, 6.07) is 26.4. The summed E-state index contributed by atoms with van der Waals surface area (Å²) in [5, 5.41) is 18.3. The van der Waals surface area contributed by atoms with E-state index in [4.69, 9.17) is 26.9 Å². The highest BCUT2D eigenvalue weighted by atomic mass is 35.5.